The molecule has 0 unspecified atom stereocenters. The maximum absolute atomic E-state index is 5.60. The molecule has 0 aromatic rings. The Labute approximate surface area is 107 Å². The van der Waals surface area contributed by atoms with Crippen LogP contribution in [0.25, 0.3) is 0 Å². The lowest BCUT2D eigenvalue weighted by Gasteiger charge is -2.43. The third kappa shape index (κ3) is 4.94. The molecule has 0 amide bonds. The third-order valence-electron chi connectivity index (χ3n) is 3.95. The number of nitrogens with zero attached hydrogens (tertiary/aromatic N) is 2. The van der Waals surface area contributed by atoms with Gasteiger partial charge >= 0.3 is 0 Å². The third-order valence-corrected chi connectivity index (χ3v) is 3.95. The van der Waals surface area contributed by atoms with Crippen LogP contribution in [-0.4, -0.2) is 60.8 Å². The Morgan fingerprint density at radius 3 is 2.18 bits per heavy atom. The summed E-state index contributed by atoms with van der Waals surface area (Å²) in [7, 11) is 0. The standard InChI is InChI=1S/C14H30N2O/c1-6-14(4,5)16-9-7-15(8-10-16)11-12-17-13(2)3/h13H,6-12H2,1-5H3. The normalized spacial score (nSPS) is 20.1. The predicted octanol–water partition coefficient (Wildman–Crippen LogP) is 2.22. The van der Waals surface area contributed by atoms with Gasteiger partial charge < -0.3 is 4.74 Å². The molecule has 0 atom stereocenters. The highest BCUT2D eigenvalue weighted by molar-refractivity contribution is 4.84. The Hall–Kier alpha value is -0.120. The molecule has 0 aliphatic carbocycles. The van der Waals surface area contributed by atoms with Crippen molar-refractivity contribution in [3.05, 3.63) is 0 Å². The lowest BCUT2D eigenvalue weighted by Crippen LogP contribution is -2.54. The summed E-state index contributed by atoms with van der Waals surface area (Å²) in [5.74, 6) is 0. The first-order valence-electron chi connectivity index (χ1n) is 7.04. The van der Waals surface area contributed by atoms with Crippen LogP contribution in [-0.2, 0) is 4.74 Å². The molecule has 1 rings (SSSR count). The summed E-state index contributed by atoms with van der Waals surface area (Å²) < 4.78 is 5.60. The molecule has 1 aliphatic rings. The molecular weight excluding hydrogens is 212 g/mol. The van der Waals surface area contributed by atoms with Gasteiger partial charge in [-0.2, -0.15) is 0 Å². The lowest BCUT2D eigenvalue weighted by molar-refractivity contribution is 0.0210. The van der Waals surface area contributed by atoms with Crippen LogP contribution in [0.1, 0.15) is 41.0 Å². The van der Waals surface area contributed by atoms with Gasteiger partial charge in [0.15, 0.2) is 0 Å². The predicted molar refractivity (Wildman–Crippen MR) is 73.5 cm³/mol. The lowest BCUT2D eigenvalue weighted by atomic mass is 9.98. The number of ether oxygens (including phenoxy) is 1. The van der Waals surface area contributed by atoms with Crippen LogP contribution in [0, 0.1) is 0 Å². The number of hydrogen-bond acceptors (Lipinski definition) is 3. The smallest absolute Gasteiger partial charge is 0.0596 e. The Kier molecular flexibility index (Phi) is 5.90. The molecule has 17 heavy (non-hydrogen) atoms. The van der Waals surface area contributed by atoms with Crippen LogP contribution in [0.5, 0.6) is 0 Å². The van der Waals surface area contributed by atoms with E-state index in [0.29, 0.717) is 11.6 Å². The molecule has 1 saturated heterocycles. The molecule has 0 aromatic carbocycles. The summed E-state index contributed by atoms with van der Waals surface area (Å²) in [5, 5.41) is 0. The SMILES string of the molecule is CCC(C)(C)N1CCN(CCOC(C)C)CC1. The van der Waals surface area contributed by atoms with Gasteiger partial charge in [-0.25, -0.2) is 0 Å². The van der Waals surface area contributed by atoms with Crippen LogP contribution >= 0.6 is 0 Å². The van der Waals surface area contributed by atoms with E-state index < -0.39 is 0 Å². The van der Waals surface area contributed by atoms with Crippen LogP contribution in [0.3, 0.4) is 0 Å². The van der Waals surface area contributed by atoms with E-state index in [0.717, 1.165) is 13.2 Å². The van der Waals surface area contributed by atoms with E-state index in [2.05, 4.69) is 44.4 Å². The number of hydrogen-bond donors (Lipinski definition) is 0. The maximum atomic E-state index is 5.60. The number of rotatable bonds is 6. The van der Waals surface area contributed by atoms with Crippen LogP contribution in [0.2, 0.25) is 0 Å². The van der Waals surface area contributed by atoms with Crippen LogP contribution in [0.4, 0.5) is 0 Å². The summed E-state index contributed by atoms with van der Waals surface area (Å²) in [6, 6.07) is 0. The second kappa shape index (κ2) is 6.72. The zero-order chi connectivity index (χ0) is 12.9. The molecule has 1 aliphatic heterocycles. The molecule has 0 saturated carbocycles. The Morgan fingerprint density at radius 1 is 1.12 bits per heavy atom. The van der Waals surface area contributed by atoms with Crippen molar-refractivity contribution in [2.24, 2.45) is 0 Å². The molecule has 3 heteroatoms. The van der Waals surface area contributed by atoms with Gasteiger partial charge in [0.2, 0.25) is 0 Å². The molecule has 0 bridgehead atoms. The Morgan fingerprint density at radius 2 is 1.71 bits per heavy atom. The average Bonchev–Trinajstić information content (AvgIpc) is 2.29. The van der Waals surface area contributed by atoms with Crippen LogP contribution in [0.15, 0.2) is 0 Å². The van der Waals surface area contributed by atoms with Gasteiger partial charge in [-0.3, -0.25) is 9.80 Å². The van der Waals surface area contributed by atoms with Gasteiger partial charge in [-0.1, -0.05) is 6.92 Å². The van der Waals surface area contributed by atoms with Gasteiger partial charge in [-0.15, -0.1) is 0 Å². The molecule has 1 heterocycles. The maximum Gasteiger partial charge on any atom is 0.0596 e. The molecule has 0 radical (unpaired) electrons. The van der Waals surface area contributed by atoms with Crippen molar-refractivity contribution >= 4 is 0 Å². The van der Waals surface area contributed by atoms with E-state index in [-0.39, 0.29) is 0 Å². The minimum Gasteiger partial charge on any atom is -0.377 e. The summed E-state index contributed by atoms with van der Waals surface area (Å²) in [6.07, 6.45) is 1.58. The van der Waals surface area contributed by atoms with Crippen molar-refractivity contribution in [3.63, 3.8) is 0 Å². The summed E-state index contributed by atoms with van der Waals surface area (Å²) >= 11 is 0. The second-order valence-corrected chi connectivity index (χ2v) is 5.91. The number of piperazine rings is 1. The first kappa shape index (κ1) is 14.9. The minimum absolute atomic E-state index is 0.357. The fraction of sp³-hybridized carbons (Fsp3) is 1.00. The van der Waals surface area contributed by atoms with Gasteiger partial charge in [-0.05, 0) is 34.1 Å². The minimum atomic E-state index is 0.357. The zero-order valence-corrected chi connectivity index (χ0v) is 12.3. The molecule has 0 spiro atoms. The monoisotopic (exact) mass is 242 g/mol. The van der Waals surface area contributed by atoms with E-state index in [9.17, 15) is 0 Å². The van der Waals surface area contributed by atoms with Gasteiger partial charge in [0.25, 0.3) is 0 Å². The second-order valence-electron chi connectivity index (χ2n) is 5.91. The fourth-order valence-electron chi connectivity index (χ4n) is 2.22. The van der Waals surface area contributed by atoms with Crippen molar-refractivity contribution < 1.29 is 4.74 Å². The summed E-state index contributed by atoms with van der Waals surface area (Å²) in [6.45, 7) is 17.9. The molecule has 0 aromatic heterocycles. The molecule has 102 valence electrons. The van der Waals surface area contributed by atoms with E-state index in [1.165, 1.54) is 32.6 Å². The largest absolute Gasteiger partial charge is 0.377 e. The first-order valence-corrected chi connectivity index (χ1v) is 7.04. The summed E-state index contributed by atoms with van der Waals surface area (Å²) in [4.78, 5) is 5.14. The van der Waals surface area contributed by atoms with E-state index in [1.807, 2.05) is 0 Å². The van der Waals surface area contributed by atoms with E-state index >= 15 is 0 Å². The average molecular weight is 242 g/mol. The molecule has 3 nitrogen and oxygen atoms in total. The zero-order valence-electron chi connectivity index (χ0n) is 12.3. The highest BCUT2D eigenvalue weighted by atomic mass is 16.5. The summed E-state index contributed by atoms with van der Waals surface area (Å²) in [5.41, 5.74) is 0.362. The fourth-order valence-corrected chi connectivity index (χ4v) is 2.22. The first-order chi connectivity index (χ1) is 7.95. The van der Waals surface area contributed by atoms with Crippen molar-refractivity contribution in [1.29, 1.82) is 0 Å². The quantitative estimate of drug-likeness (QED) is 0.710. The topological polar surface area (TPSA) is 15.7 Å². The van der Waals surface area contributed by atoms with Crippen molar-refractivity contribution in [2.45, 2.75) is 52.7 Å². The van der Waals surface area contributed by atoms with Gasteiger partial charge in [0.1, 0.15) is 0 Å². The van der Waals surface area contributed by atoms with Gasteiger partial charge in [0.05, 0.1) is 12.7 Å². The van der Waals surface area contributed by atoms with E-state index in [4.69, 9.17) is 4.74 Å². The van der Waals surface area contributed by atoms with Crippen molar-refractivity contribution in [1.82, 2.24) is 9.80 Å². The highest BCUT2D eigenvalue weighted by Gasteiger charge is 2.27. The molecule has 1 fully saturated rings. The van der Waals surface area contributed by atoms with Crippen molar-refractivity contribution in [2.75, 3.05) is 39.3 Å². The van der Waals surface area contributed by atoms with Gasteiger partial charge in [0, 0.05) is 38.3 Å². The van der Waals surface area contributed by atoms with Crippen LogP contribution < -0.4 is 0 Å². The molecular formula is C14H30N2O. The highest BCUT2D eigenvalue weighted by Crippen LogP contribution is 2.19. The van der Waals surface area contributed by atoms with E-state index in [1.54, 1.807) is 0 Å². The molecule has 0 N–H and O–H groups in total. The Bertz CT molecular complexity index is 208. The Balaban J connectivity index is 2.22. The van der Waals surface area contributed by atoms with Crippen molar-refractivity contribution in [3.8, 4) is 0 Å².